The number of nitrogen functional groups attached to an aromatic ring is 1. The zero-order valence-corrected chi connectivity index (χ0v) is 16.0. The molecule has 0 aliphatic heterocycles. The van der Waals surface area contributed by atoms with Gasteiger partial charge in [-0.05, 0) is 48.0 Å². The molecular formula is C22H17ClFN3O2. The maximum atomic E-state index is 14.2. The molecule has 7 heteroatoms. The Bertz CT molecular complexity index is 1210. The number of hydrogen-bond acceptors (Lipinski definition) is 5. The monoisotopic (exact) mass is 409 g/mol. The molecule has 2 heterocycles. The Kier molecular flexibility index (Phi) is 5.18. The van der Waals surface area contributed by atoms with Gasteiger partial charge in [0.15, 0.2) is 5.76 Å². The van der Waals surface area contributed by atoms with Crippen LogP contribution in [-0.4, -0.2) is 10.8 Å². The summed E-state index contributed by atoms with van der Waals surface area (Å²) in [6, 6.07) is 14.9. The van der Waals surface area contributed by atoms with Crippen LogP contribution >= 0.6 is 11.6 Å². The molecule has 0 saturated heterocycles. The van der Waals surface area contributed by atoms with Crippen molar-refractivity contribution in [2.45, 2.75) is 13.0 Å². The number of pyridine rings is 1. The Morgan fingerprint density at radius 3 is 2.86 bits per heavy atom. The van der Waals surface area contributed by atoms with Crippen molar-refractivity contribution < 1.29 is 13.6 Å². The number of ketones is 1. The molecule has 0 aliphatic carbocycles. The molecule has 0 unspecified atom stereocenters. The number of hydrogen-bond donors (Lipinski definition) is 2. The number of Topliss-reactive ketones (excluding diaryl/α,β-unsaturated/α-hetero) is 1. The Morgan fingerprint density at radius 1 is 1.17 bits per heavy atom. The summed E-state index contributed by atoms with van der Waals surface area (Å²) in [5.74, 6) is 0.0208. The van der Waals surface area contributed by atoms with Gasteiger partial charge in [0.1, 0.15) is 17.2 Å². The molecule has 146 valence electrons. The quantitative estimate of drug-likeness (QED) is 0.425. The number of carbonyl (C=O) groups excluding carboxylic acids is 1. The second-order valence-corrected chi connectivity index (χ2v) is 7.04. The van der Waals surface area contributed by atoms with Crippen LogP contribution in [0.1, 0.15) is 21.7 Å². The van der Waals surface area contributed by atoms with Gasteiger partial charge in [0.05, 0.1) is 5.69 Å². The third-order valence-electron chi connectivity index (χ3n) is 4.54. The fourth-order valence-corrected chi connectivity index (χ4v) is 3.24. The van der Waals surface area contributed by atoms with Crippen molar-refractivity contribution in [3.8, 4) is 0 Å². The van der Waals surface area contributed by atoms with Crippen LogP contribution in [0, 0.1) is 5.82 Å². The van der Waals surface area contributed by atoms with Crippen LogP contribution in [0.3, 0.4) is 0 Å². The number of fused-ring (bicyclic) bond motifs is 1. The number of anilines is 2. The van der Waals surface area contributed by atoms with Crippen molar-refractivity contribution in [2.75, 3.05) is 11.1 Å². The number of carbonyl (C=O) groups is 1. The van der Waals surface area contributed by atoms with E-state index in [9.17, 15) is 9.18 Å². The minimum absolute atomic E-state index is 0.0931. The first-order chi connectivity index (χ1) is 14.0. The van der Waals surface area contributed by atoms with Crippen molar-refractivity contribution in [3.63, 3.8) is 0 Å². The average molecular weight is 410 g/mol. The van der Waals surface area contributed by atoms with E-state index in [0.717, 1.165) is 5.39 Å². The summed E-state index contributed by atoms with van der Waals surface area (Å²) >= 11 is 5.97. The second-order valence-electron chi connectivity index (χ2n) is 6.61. The highest BCUT2D eigenvalue weighted by atomic mass is 35.5. The minimum atomic E-state index is -0.366. The van der Waals surface area contributed by atoms with E-state index < -0.39 is 0 Å². The van der Waals surface area contributed by atoms with Crippen LogP contribution in [-0.2, 0) is 13.0 Å². The highest BCUT2D eigenvalue weighted by molar-refractivity contribution is 6.31. The zero-order chi connectivity index (χ0) is 20.4. The Labute approximate surface area is 171 Å². The van der Waals surface area contributed by atoms with Gasteiger partial charge in [-0.3, -0.25) is 4.79 Å². The lowest BCUT2D eigenvalue weighted by Gasteiger charge is -2.10. The van der Waals surface area contributed by atoms with Gasteiger partial charge >= 0.3 is 0 Å². The summed E-state index contributed by atoms with van der Waals surface area (Å²) in [6.45, 7) is 0.215. The Balaban J connectivity index is 1.50. The summed E-state index contributed by atoms with van der Waals surface area (Å²) in [5.41, 5.74) is 8.12. The maximum Gasteiger partial charge on any atom is 0.202 e. The lowest BCUT2D eigenvalue weighted by molar-refractivity contribution is 0.0968. The molecule has 0 atom stereocenters. The van der Waals surface area contributed by atoms with Crippen LogP contribution in [0.5, 0.6) is 0 Å². The van der Waals surface area contributed by atoms with Crippen LogP contribution in [0.25, 0.3) is 11.0 Å². The molecule has 0 aliphatic rings. The largest absolute Gasteiger partial charge is 0.453 e. The fourth-order valence-electron chi connectivity index (χ4n) is 3.06. The molecule has 3 N–H and O–H groups in total. The van der Waals surface area contributed by atoms with Crippen molar-refractivity contribution >= 4 is 39.9 Å². The molecule has 0 fully saturated rings. The van der Waals surface area contributed by atoms with Gasteiger partial charge in [-0.15, -0.1) is 0 Å². The number of rotatable bonds is 6. The molecule has 2 aromatic heterocycles. The normalized spacial score (nSPS) is 11.0. The van der Waals surface area contributed by atoms with E-state index in [1.54, 1.807) is 54.7 Å². The summed E-state index contributed by atoms with van der Waals surface area (Å²) in [6.07, 6.45) is 1.68. The van der Waals surface area contributed by atoms with Gasteiger partial charge in [-0.2, -0.15) is 0 Å². The van der Waals surface area contributed by atoms with E-state index in [-0.39, 0.29) is 30.3 Å². The number of benzene rings is 2. The predicted octanol–water partition coefficient (Wildman–Crippen LogP) is 5.24. The molecule has 4 rings (SSSR count). The maximum absolute atomic E-state index is 14.2. The molecule has 0 radical (unpaired) electrons. The van der Waals surface area contributed by atoms with Crippen molar-refractivity contribution in [2.24, 2.45) is 0 Å². The third kappa shape index (κ3) is 4.22. The molecule has 29 heavy (non-hydrogen) atoms. The van der Waals surface area contributed by atoms with Gasteiger partial charge in [-0.25, -0.2) is 9.37 Å². The summed E-state index contributed by atoms with van der Waals surface area (Å²) < 4.78 is 19.8. The minimum Gasteiger partial charge on any atom is -0.453 e. The highest BCUT2D eigenvalue weighted by Crippen LogP contribution is 2.24. The second kappa shape index (κ2) is 7.93. The number of halogens is 2. The van der Waals surface area contributed by atoms with Crippen molar-refractivity contribution in [1.29, 1.82) is 0 Å². The van der Waals surface area contributed by atoms with E-state index in [2.05, 4.69) is 10.3 Å². The van der Waals surface area contributed by atoms with Crippen LogP contribution in [0.15, 0.2) is 65.2 Å². The van der Waals surface area contributed by atoms with Gasteiger partial charge < -0.3 is 15.5 Å². The summed E-state index contributed by atoms with van der Waals surface area (Å²) in [4.78, 5) is 16.6. The van der Waals surface area contributed by atoms with Gasteiger partial charge in [-0.1, -0.05) is 23.7 Å². The van der Waals surface area contributed by atoms with E-state index in [1.165, 1.54) is 6.07 Å². The van der Waals surface area contributed by atoms with Gasteiger partial charge in [0, 0.05) is 35.1 Å². The third-order valence-corrected chi connectivity index (χ3v) is 4.77. The molecule has 0 amide bonds. The summed E-state index contributed by atoms with van der Waals surface area (Å²) in [7, 11) is 0. The van der Waals surface area contributed by atoms with E-state index >= 15 is 0 Å². The van der Waals surface area contributed by atoms with Gasteiger partial charge in [0.2, 0.25) is 5.78 Å². The molecular weight excluding hydrogens is 393 g/mol. The molecule has 2 aromatic carbocycles. The van der Waals surface area contributed by atoms with Crippen molar-refractivity contribution in [3.05, 3.63) is 88.5 Å². The average Bonchev–Trinajstić information content (AvgIpc) is 3.13. The first-order valence-corrected chi connectivity index (χ1v) is 9.31. The Morgan fingerprint density at radius 2 is 2.03 bits per heavy atom. The van der Waals surface area contributed by atoms with E-state index in [4.69, 9.17) is 21.8 Å². The fraction of sp³-hybridized carbons (Fsp3) is 0.0909. The molecule has 0 saturated carbocycles. The topological polar surface area (TPSA) is 81.1 Å². The smallest absolute Gasteiger partial charge is 0.202 e. The molecule has 0 spiro atoms. The Hall–Kier alpha value is -3.38. The molecule has 0 bridgehead atoms. The summed E-state index contributed by atoms with van der Waals surface area (Å²) in [5, 5.41) is 4.40. The number of furan rings is 1. The van der Waals surface area contributed by atoms with E-state index in [0.29, 0.717) is 33.2 Å². The number of nitrogens with one attached hydrogen (secondary N) is 1. The standard InChI is InChI=1S/C22H17ClFN3O2/c23-16-4-6-20-14(10-16)11-21(29-20)19(28)9-13-3-5-17(24)15(8-13)12-27-18-2-1-7-26-22(18)25/h1-8,10-11,27H,9,12H2,(H2,25,26). The number of nitrogens with zero attached hydrogens (tertiary/aromatic N) is 1. The highest BCUT2D eigenvalue weighted by Gasteiger charge is 2.15. The number of nitrogens with two attached hydrogens (primary N) is 1. The first-order valence-electron chi connectivity index (χ1n) is 8.93. The van der Waals surface area contributed by atoms with Crippen molar-refractivity contribution in [1.82, 2.24) is 4.98 Å². The van der Waals surface area contributed by atoms with Gasteiger partial charge in [0.25, 0.3) is 0 Å². The lowest BCUT2D eigenvalue weighted by atomic mass is 10.0. The predicted molar refractivity (Wildman–Crippen MR) is 112 cm³/mol. The molecule has 5 nitrogen and oxygen atoms in total. The van der Waals surface area contributed by atoms with Crippen LogP contribution in [0.2, 0.25) is 5.02 Å². The molecule has 4 aromatic rings. The van der Waals surface area contributed by atoms with Crippen LogP contribution in [0.4, 0.5) is 15.9 Å². The van der Waals surface area contributed by atoms with E-state index in [1.807, 2.05) is 0 Å². The first kappa shape index (κ1) is 19.0. The van der Waals surface area contributed by atoms with Crippen LogP contribution < -0.4 is 11.1 Å². The number of aromatic nitrogens is 1. The zero-order valence-electron chi connectivity index (χ0n) is 15.3. The lowest BCUT2D eigenvalue weighted by Crippen LogP contribution is -2.07. The SMILES string of the molecule is Nc1ncccc1NCc1cc(CC(=O)c2cc3cc(Cl)ccc3o2)ccc1F.